The predicted molar refractivity (Wildman–Crippen MR) is 75.0 cm³/mol. The molecule has 0 saturated heterocycles. The molecule has 1 amide bonds. The van der Waals surface area contributed by atoms with Crippen molar-refractivity contribution >= 4 is 34.0 Å². The minimum Gasteiger partial charge on any atom is -0.399 e. The zero-order chi connectivity index (χ0) is 13.7. The van der Waals surface area contributed by atoms with Crippen molar-refractivity contribution in [2.45, 2.75) is 30.4 Å². The molecule has 4 nitrogen and oxygen atoms in total. The van der Waals surface area contributed by atoms with Gasteiger partial charge < -0.3 is 11.1 Å². The molecule has 0 saturated carbocycles. The molecule has 2 unspecified atom stereocenters. The van der Waals surface area contributed by atoms with E-state index in [1.807, 2.05) is 6.92 Å². The maximum absolute atomic E-state index is 12.2. The van der Waals surface area contributed by atoms with Gasteiger partial charge in [0.05, 0.1) is 20.7 Å². The lowest BCUT2D eigenvalue weighted by atomic mass is 10.3. The fourth-order valence-electron chi connectivity index (χ4n) is 1.35. The number of rotatable bonds is 5. The summed E-state index contributed by atoms with van der Waals surface area (Å²) in [5, 5.41) is 2.41. The van der Waals surface area contributed by atoms with E-state index in [0.29, 0.717) is 22.2 Å². The number of amides is 1. The summed E-state index contributed by atoms with van der Waals surface area (Å²) in [5.41, 5.74) is 6.10. The van der Waals surface area contributed by atoms with Crippen molar-refractivity contribution in [3.63, 3.8) is 0 Å². The van der Waals surface area contributed by atoms with E-state index in [9.17, 15) is 9.00 Å². The Morgan fingerprint density at radius 1 is 1.56 bits per heavy atom. The van der Waals surface area contributed by atoms with Gasteiger partial charge in [-0.2, -0.15) is 0 Å². The lowest BCUT2D eigenvalue weighted by molar-refractivity contribution is -0.120. The van der Waals surface area contributed by atoms with Crippen LogP contribution in [-0.2, 0) is 15.6 Å². The molecule has 0 fully saturated rings. The van der Waals surface area contributed by atoms with Crippen LogP contribution < -0.4 is 11.1 Å². The Morgan fingerprint density at radius 3 is 2.83 bits per heavy atom. The number of nitrogen functional groups attached to an aromatic ring is 1. The van der Waals surface area contributed by atoms with Crippen molar-refractivity contribution < 1.29 is 9.00 Å². The van der Waals surface area contributed by atoms with Gasteiger partial charge in [-0.1, -0.05) is 18.5 Å². The Bertz CT molecular complexity index is 465. The first-order valence-corrected chi connectivity index (χ1v) is 7.29. The Hall–Kier alpha value is -1.07. The predicted octanol–water partition coefficient (Wildman–Crippen LogP) is 1.94. The average molecular weight is 289 g/mol. The molecule has 100 valence electrons. The lowest BCUT2D eigenvalue weighted by Gasteiger charge is -2.13. The molecule has 18 heavy (non-hydrogen) atoms. The van der Waals surface area contributed by atoms with Crippen molar-refractivity contribution in [2.75, 3.05) is 12.3 Å². The number of carbonyl (C=O) groups is 1. The SMILES string of the molecule is CCCNC(=O)C(C)S(=O)c1cc(N)ccc1Cl. The highest BCUT2D eigenvalue weighted by molar-refractivity contribution is 7.86. The average Bonchev–Trinajstić information content (AvgIpc) is 2.37. The number of anilines is 1. The smallest absolute Gasteiger partial charge is 0.235 e. The number of carbonyl (C=O) groups excluding carboxylic acids is 1. The monoisotopic (exact) mass is 288 g/mol. The van der Waals surface area contributed by atoms with Crippen LogP contribution in [-0.4, -0.2) is 21.9 Å². The van der Waals surface area contributed by atoms with E-state index in [-0.39, 0.29) is 5.91 Å². The van der Waals surface area contributed by atoms with Gasteiger partial charge in [-0.25, -0.2) is 0 Å². The maximum Gasteiger partial charge on any atom is 0.235 e. The molecule has 0 bridgehead atoms. The second-order valence-electron chi connectivity index (χ2n) is 3.92. The Balaban J connectivity index is 2.86. The van der Waals surface area contributed by atoms with E-state index in [4.69, 9.17) is 17.3 Å². The molecule has 0 aliphatic heterocycles. The first-order valence-electron chi connectivity index (χ1n) is 5.70. The standard InChI is InChI=1S/C12H17ClN2O2S/c1-3-6-15-12(16)8(2)18(17)11-7-9(14)4-5-10(11)13/h4-5,7-8H,3,6,14H2,1-2H3,(H,15,16). The second kappa shape index (κ2) is 6.75. The third-order valence-electron chi connectivity index (χ3n) is 2.41. The number of benzene rings is 1. The summed E-state index contributed by atoms with van der Waals surface area (Å²) < 4.78 is 12.2. The molecule has 6 heteroatoms. The fourth-order valence-corrected chi connectivity index (χ4v) is 2.87. The van der Waals surface area contributed by atoms with Crippen molar-refractivity contribution in [3.8, 4) is 0 Å². The number of hydrogen-bond acceptors (Lipinski definition) is 3. The highest BCUT2D eigenvalue weighted by atomic mass is 35.5. The molecule has 1 rings (SSSR count). The van der Waals surface area contributed by atoms with E-state index >= 15 is 0 Å². The van der Waals surface area contributed by atoms with Gasteiger partial charge in [0.15, 0.2) is 0 Å². The number of hydrogen-bond donors (Lipinski definition) is 2. The van der Waals surface area contributed by atoms with Gasteiger partial charge in [-0.05, 0) is 31.5 Å². The quantitative estimate of drug-likeness (QED) is 0.814. The Labute approximate surface area is 114 Å². The van der Waals surface area contributed by atoms with Crippen LogP contribution in [0, 0.1) is 0 Å². The fraction of sp³-hybridized carbons (Fsp3) is 0.417. The van der Waals surface area contributed by atoms with Crippen LogP contribution >= 0.6 is 11.6 Å². The van der Waals surface area contributed by atoms with Crippen LogP contribution in [0.2, 0.25) is 5.02 Å². The molecule has 0 aromatic heterocycles. The molecule has 0 heterocycles. The minimum atomic E-state index is -1.51. The van der Waals surface area contributed by atoms with Gasteiger partial charge in [0.25, 0.3) is 0 Å². The van der Waals surface area contributed by atoms with E-state index in [2.05, 4.69) is 5.32 Å². The summed E-state index contributed by atoms with van der Waals surface area (Å²) in [4.78, 5) is 12.1. The van der Waals surface area contributed by atoms with Crippen molar-refractivity contribution in [1.82, 2.24) is 5.32 Å². The largest absolute Gasteiger partial charge is 0.399 e. The number of halogens is 1. The van der Waals surface area contributed by atoms with Gasteiger partial charge in [0, 0.05) is 12.2 Å². The van der Waals surface area contributed by atoms with E-state index in [0.717, 1.165) is 6.42 Å². The Kier molecular flexibility index (Phi) is 5.62. The third kappa shape index (κ3) is 3.71. The summed E-state index contributed by atoms with van der Waals surface area (Å²) in [6.07, 6.45) is 0.837. The lowest BCUT2D eigenvalue weighted by Crippen LogP contribution is -2.35. The minimum absolute atomic E-state index is 0.242. The van der Waals surface area contributed by atoms with Crippen LogP contribution in [0.25, 0.3) is 0 Å². The zero-order valence-corrected chi connectivity index (χ0v) is 12.0. The van der Waals surface area contributed by atoms with E-state index in [1.54, 1.807) is 25.1 Å². The molecular weight excluding hydrogens is 272 g/mol. The van der Waals surface area contributed by atoms with Gasteiger partial charge in [-0.3, -0.25) is 9.00 Å². The topological polar surface area (TPSA) is 72.2 Å². The number of nitrogens with two attached hydrogens (primary N) is 1. The zero-order valence-electron chi connectivity index (χ0n) is 10.4. The summed E-state index contributed by atoms with van der Waals surface area (Å²) in [6.45, 7) is 4.14. The van der Waals surface area contributed by atoms with Gasteiger partial charge in [-0.15, -0.1) is 0 Å². The second-order valence-corrected chi connectivity index (χ2v) is 6.07. The molecule has 0 aliphatic carbocycles. The molecule has 0 spiro atoms. The molecular formula is C12H17ClN2O2S. The summed E-state index contributed by atoms with van der Waals surface area (Å²) >= 11 is 5.96. The molecule has 1 aromatic rings. The molecule has 0 aliphatic rings. The first kappa shape index (κ1) is 15.0. The van der Waals surface area contributed by atoms with E-state index < -0.39 is 16.0 Å². The van der Waals surface area contributed by atoms with Gasteiger partial charge in [0.1, 0.15) is 5.25 Å². The van der Waals surface area contributed by atoms with Crippen LogP contribution in [0.3, 0.4) is 0 Å². The van der Waals surface area contributed by atoms with Crippen molar-refractivity contribution in [1.29, 1.82) is 0 Å². The van der Waals surface area contributed by atoms with E-state index in [1.165, 1.54) is 0 Å². The number of nitrogens with one attached hydrogen (secondary N) is 1. The van der Waals surface area contributed by atoms with Gasteiger partial charge >= 0.3 is 0 Å². The first-order chi connectivity index (χ1) is 8.47. The highest BCUT2D eigenvalue weighted by Crippen LogP contribution is 2.24. The molecule has 0 radical (unpaired) electrons. The van der Waals surface area contributed by atoms with Crippen LogP contribution in [0.5, 0.6) is 0 Å². The highest BCUT2D eigenvalue weighted by Gasteiger charge is 2.22. The van der Waals surface area contributed by atoms with Crippen LogP contribution in [0.15, 0.2) is 23.1 Å². The molecule has 3 N–H and O–H groups in total. The van der Waals surface area contributed by atoms with Crippen LogP contribution in [0.4, 0.5) is 5.69 Å². The van der Waals surface area contributed by atoms with Crippen LogP contribution in [0.1, 0.15) is 20.3 Å². The summed E-state index contributed by atoms with van der Waals surface area (Å²) in [5.74, 6) is -0.242. The van der Waals surface area contributed by atoms with Crippen molar-refractivity contribution in [3.05, 3.63) is 23.2 Å². The third-order valence-corrected chi connectivity index (χ3v) is 4.48. The maximum atomic E-state index is 12.2. The van der Waals surface area contributed by atoms with Crippen molar-refractivity contribution in [2.24, 2.45) is 0 Å². The Morgan fingerprint density at radius 2 is 2.22 bits per heavy atom. The summed E-state index contributed by atoms with van der Waals surface area (Å²) in [6, 6.07) is 4.76. The van der Waals surface area contributed by atoms with Gasteiger partial charge in [0.2, 0.25) is 5.91 Å². The normalized spacial score (nSPS) is 13.9. The summed E-state index contributed by atoms with van der Waals surface area (Å²) in [7, 11) is -1.51. The molecule has 1 aromatic carbocycles. The molecule has 2 atom stereocenters.